The first-order valence-corrected chi connectivity index (χ1v) is 7.82. The molecule has 122 valence electrons. The van der Waals surface area contributed by atoms with E-state index in [0.717, 1.165) is 22.5 Å². The second-order valence-electron chi connectivity index (χ2n) is 5.40. The predicted molar refractivity (Wildman–Crippen MR) is 95.7 cm³/mol. The highest BCUT2D eigenvalue weighted by Crippen LogP contribution is 2.30. The number of benzene rings is 2. The summed E-state index contributed by atoms with van der Waals surface area (Å²) in [4.78, 5) is 12.0. The van der Waals surface area contributed by atoms with Gasteiger partial charge in [-0.3, -0.25) is 4.79 Å². The van der Waals surface area contributed by atoms with Gasteiger partial charge in [-0.05, 0) is 43.2 Å². The number of carbonyl (C=O) groups excluding carboxylic acids is 1. The maximum Gasteiger partial charge on any atom is 0.226 e. The molecule has 0 aliphatic heterocycles. The summed E-state index contributed by atoms with van der Waals surface area (Å²) >= 11 is 6.08. The standard InChI is InChI=1S/C18H21ClN2O2/c1-12-5-4-6-14(9-12)21-18(22)7-8-20-16-10-13(2)15(19)11-17(16)23-3/h4-6,9-11,20H,7-8H2,1-3H3,(H,21,22). The Hall–Kier alpha value is -2.20. The van der Waals surface area contributed by atoms with Crippen LogP contribution in [0.1, 0.15) is 17.5 Å². The van der Waals surface area contributed by atoms with Gasteiger partial charge in [-0.15, -0.1) is 0 Å². The molecule has 0 aromatic heterocycles. The number of amides is 1. The Kier molecular flexibility index (Phi) is 5.88. The van der Waals surface area contributed by atoms with Crippen LogP contribution in [0.4, 0.5) is 11.4 Å². The number of ether oxygens (including phenoxy) is 1. The molecule has 1 amide bonds. The van der Waals surface area contributed by atoms with Crippen LogP contribution < -0.4 is 15.4 Å². The van der Waals surface area contributed by atoms with Gasteiger partial charge in [0.1, 0.15) is 5.75 Å². The van der Waals surface area contributed by atoms with Crippen molar-refractivity contribution in [1.82, 2.24) is 0 Å². The number of nitrogens with one attached hydrogen (secondary N) is 2. The number of methoxy groups -OCH3 is 1. The Morgan fingerprint density at radius 1 is 1.22 bits per heavy atom. The summed E-state index contributed by atoms with van der Waals surface area (Å²) in [5, 5.41) is 6.76. The first-order chi connectivity index (χ1) is 11.0. The fourth-order valence-corrected chi connectivity index (χ4v) is 2.38. The third-order valence-corrected chi connectivity index (χ3v) is 3.86. The fraction of sp³-hybridized carbons (Fsp3) is 0.278. The molecule has 23 heavy (non-hydrogen) atoms. The van der Waals surface area contributed by atoms with Crippen molar-refractivity contribution >= 4 is 28.9 Å². The van der Waals surface area contributed by atoms with Gasteiger partial charge in [0.25, 0.3) is 0 Å². The van der Waals surface area contributed by atoms with Crippen LogP contribution in [0.3, 0.4) is 0 Å². The van der Waals surface area contributed by atoms with E-state index in [1.807, 2.05) is 44.2 Å². The van der Waals surface area contributed by atoms with Crippen molar-refractivity contribution in [2.45, 2.75) is 20.3 Å². The zero-order valence-electron chi connectivity index (χ0n) is 13.6. The summed E-state index contributed by atoms with van der Waals surface area (Å²) in [7, 11) is 1.59. The molecule has 0 fully saturated rings. The van der Waals surface area contributed by atoms with E-state index in [4.69, 9.17) is 16.3 Å². The Labute approximate surface area is 141 Å². The largest absolute Gasteiger partial charge is 0.495 e. The van der Waals surface area contributed by atoms with Crippen molar-refractivity contribution in [2.75, 3.05) is 24.3 Å². The van der Waals surface area contributed by atoms with Gasteiger partial charge in [0.05, 0.1) is 12.8 Å². The van der Waals surface area contributed by atoms with E-state index in [9.17, 15) is 4.79 Å². The molecule has 2 aromatic carbocycles. The monoisotopic (exact) mass is 332 g/mol. The van der Waals surface area contributed by atoms with Crippen molar-refractivity contribution < 1.29 is 9.53 Å². The molecule has 0 atom stereocenters. The molecule has 2 N–H and O–H groups in total. The maximum absolute atomic E-state index is 12.0. The Bertz CT molecular complexity index is 701. The van der Waals surface area contributed by atoms with Crippen LogP contribution in [-0.4, -0.2) is 19.6 Å². The Morgan fingerprint density at radius 3 is 2.70 bits per heavy atom. The van der Waals surface area contributed by atoms with E-state index in [0.29, 0.717) is 23.7 Å². The molecule has 0 aliphatic carbocycles. The lowest BCUT2D eigenvalue weighted by Gasteiger charge is -2.13. The molecule has 5 heteroatoms. The van der Waals surface area contributed by atoms with Crippen molar-refractivity contribution in [3.05, 3.63) is 52.5 Å². The van der Waals surface area contributed by atoms with Crippen LogP contribution in [0, 0.1) is 13.8 Å². The number of aryl methyl sites for hydroxylation is 2. The molecule has 4 nitrogen and oxygen atoms in total. The first kappa shape index (κ1) is 17.2. The molecule has 2 rings (SSSR count). The van der Waals surface area contributed by atoms with Crippen molar-refractivity contribution in [1.29, 1.82) is 0 Å². The summed E-state index contributed by atoms with van der Waals surface area (Å²) in [6, 6.07) is 11.4. The van der Waals surface area contributed by atoms with E-state index in [1.54, 1.807) is 13.2 Å². The lowest BCUT2D eigenvalue weighted by atomic mass is 10.2. The lowest BCUT2D eigenvalue weighted by Crippen LogP contribution is -2.16. The van der Waals surface area contributed by atoms with E-state index in [2.05, 4.69) is 10.6 Å². The van der Waals surface area contributed by atoms with Crippen molar-refractivity contribution in [2.24, 2.45) is 0 Å². The van der Waals surface area contributed by atoms with Gasteiger partial charge >= 0.3 is 0 Å². The average molecular weight is 333 g/mol. The quantitative estimate of drug-likeness (QED) is 0.824. The van der Waals surface area contributed by atoms with Gasteiger partial charge in [-0.25, -0.2) is 0 Å². The van der Waals surface area contributed by atoms with Gasteiger partial charge in [0, 0.05) is 29.7 Å². The van der Waals surface area contributed by atoms with Crippen LogP contribution in [0.5, 0.6) is 5.75 Å². The zero-order valence-corrected chi connectivity index (χ0v) is 14.3. The molecule has 0 aliphatic rings. The SMILES string of the molecule is COc1cc(Cl)c(C)cc1NCCC(=O)Nc1cccc(C)c1. The molecule has 0 bridgehead atoms. The highest BCUT2D eigenvalue weighted by molar-refractivity contribution is 6.31. The third kappa shape index (κ3) is 4.89. The minimum atomic E-state index is -0.0345. The molecule has 0 spiro atoms. The third-order valence-electron chi connectivity index (χ3n) is 3.45. The first-order valence-electron chi connectivity index (χ1n) is 7.44. The number of rotatable bonds is 6. The number of hydrogen-bond acceptors (Lipinski definition) is 3. The van der Waals surface area contributed by atoms with Crippen LogP contribution >= 0.6 is 11.6 Å². The number of halogens is 1. The van der Waals surface area contributed by atoms with Crippen molar-refractivity contribution in [3.8, 4) is 5.75 Å². The summed E-state index contributed by atoms with van der Waals surface area (Å²) in [5.74, 6) is 0.632. The second kappa shape index (κ2) is 7.88. The van der Waals surface area contributed by atoms with Crippen molar-refractivity contribution in [3.63, 3.8) is 0 Å². The van der Waals surface area contributed by atoms with E-state index in [-0.39, 0.29) is 5.91 Å². The molecule has 0 saturated heterocycles. The minimum Gasteiger partial charge on any atom is -0.495 e. The Morgan fingerprint density at radius 2 is 2.00 bits per heavy atom. The number of anilines is 2. The Balaban J connectivity index is 1.89. The van der Waals surface area contributed by atoms with Crippen LogP contribution in [0.15, 0.2) is 36.4 Å². The lowest BCUT2D eigenvalue weighted by molar-refractivity contribution is -0.115. The van der Waals surface area contributed by atoms with Gasteiger partial charge in [0.15, 0.2) is 0 Å². The number of carbonyl (C=O) groups is 1. The average Bonchev–Trinajstić information content (AvgIpc) is 2.50. The predicted octanol–water partition coefficient (Wildman–Crippen LogP) is 4.41. The molecular weight excluding hydrogens is 312 g/mol. The second-order valence-corrected chi connectivity index (χ2v) is 5.80. The maximum atomic E-state index is 12.0. The summed E-state index contributed by atoms with van der Waals surface area (Å²) in [6.07, 6.45) is 0.360. The molecule has 0 saturated carbocycles. The summed E-state index contributed by atoms with van der Waals surface area (Å²) < 4.78 is 5.30. The van der Waals surface area contributed by atoms with E-state index in [1.165, 1.54) is 0 Å². The fourth-order valence-electron chi connectivity index (χ4n) is 2.23. The van der Waals surface area contributed by atoms with Gasteiger partial charge in [-0.2, -0.15) is 0 Å². The van der Waals surface area contributed by atoms with E-state index >= 15 is 0 Å². The van der Waals surface area contributed by atoms with Gasteiger partial charge < -0.3 is 15.4 Å². The minimum absolute atomic E-state index is 0.0345. The highest BCUT2D eigenvalue weighted by atomic mass is 35.5. The highest BCUT2D eigenvalue weighted by Gasteiger charge is 2.08. The molecule has 0 radical (unpaired) electrons. The number of hydrogen-bond donors (Lipinski definition) is 2. The summed E-state index contributed by atoms with van der Waals surface area (Å²) in [6.45, 7) is 4.43. The zero-order chi connectivity index (χ0) is 16.8. The molecule has 0 unspecified atom stereocenters. The van der Waals surface area contributed by atoms with Crippen LogP contribution in [-0.2, 0) is 4.79 Å². The molecule has 0 heterocycles. The normalized spacial score (nSPS) is 10.3. The topological polar surface area (TPSA) is 50.4 Å². The van der Waals surface area contributed by atoms with E-state index < -0.39 is 0 Å². The van der Waals surface area contributed by atoms with Gasteiger partial charge in [0.2, 0.25) is 5.91 Å². The van der Waals surface area contributed by atoms with Crippen LogP contribution in [0.2, 0.25) is 5.02 Å². The van der Waals surface area contributed by atoms with Crippen LogP contribution in [0.25, 0.3) is 0 Å². The van der Waals surface area contributed by atoms with Gasteiger partial charge in [-0.1, -0.05) is 23.7 Å². The molecule has 2 aromatic rings. The smallest absolute Gasteiger partial charge is 0.226 e. The molecular formula is C18H21ClN2O2. The summed E-state index contributed by atoms with van der Waals surface area (Å²) in [5.41, 5.74) is 3.72.